The Hall–Kier alpha value is -1.61. The average molecular weight is 305 g/mol. The van der Waals surface area contributed by atoms with Crippen LogP contribution in [-0.4, -0.2) is 15.6 Å². The molecule has 0 fully saturated rings. The number of Topliss-reactive ketones (excluding diaryl/α,β-unsaturated/α-hetero) is 1. The van der Waals surface area contributed by atoms with Crippen LogP contribution in [-0.2, 0) is 24.7 Å². The van der Waals surface area contributed by atoms with Crippen LogP contribution in [0.2, 0.25) is 5.02 Å². The van der Waals surface area contributed by atoms with Gasteiger partial charge in [-0.05, 0) is 18.4 Å². The van der Waals surface area contributed by atoms with Gasteiger partial charge in [-0.15, -0.1) is 0 Å². The maximum Gasteiger partial charge on any atom is 0.146 e. The molecule has 1 aromatic carbocycles. The molecule has 0 radical (unpaired) electrons. The highest BCUT2D eigenvalue weighted by Gasteiger charge is 2.22. The lowest BCUT2D eigenvalue weighted by Gasteiger charge is -2.14. The van der Waals surface area contributed by atoms with E-state index in [4.69, 9.17) is 11.6 Å². The van der Waals surface area contributed by atoms with Gasteiger partial charge in [-0.25, -0.2) is 0 Å². The monoisotopic (exact) mass is 304 g/mol. The van der Waals surface area contributed by atoms with E-state index in [1.165, 1.54) is 0 Å². The van der Waals surface area contributed by atoms with Gasteiger partial charge in [-0.3, -0.25) is 9.48 Å². The van der Waals surface area contributed by atoms with Crippen molar-refractivity contribution in [1.82, 2.24) is 9.78 Å². The van der Waals surface area contributed by atoms with Crippen molar-refractivity contribution in [3.05, 3.63) is 52.3 Å². The van der Waals surface area contributed by atoms with Crippen molar-refractivity contribution in [2.45, 2.75) is 39.0 Å². The molecule has 2 rings (SSSR count). The molecule has 1 unspecified atom stereocenters. The molecule has 0 aliphatic carbocycles. The molecule has 1 atom stereocenters. The van der Waals surface area contributed by atoms with Gasteiger partial charge in [0.1, 0.15) is 5.78 Å². The smallest absolute Gasteiger partial charge is 0.146 e. The number of rotatable bonds is 6. The number of carbonyl (C=O) groups excluding carboxylic acids is 1. The van der Waals surface area contributed by atoms with Gasteiger partial charge < -0.3 is 0 Å². The second-order valence-electron chi connectivity index (χ2n) is 5.20. The first-order valence-electron chi connectivity index (χ1n) is 7.36. The minimum Gasteiger partial charge on any atom is -0.299 e. The number of ketones is 1. The van der Waals surface area contributed by atoms with Gasteiger partial charge in [0.2, 0.25) is 0 Å². The Morgan fingerprint density at radius 3 is 2.48 bits per heavy atom. The fourth-order valence-electron chi connectivity index (χ4n) is 2.63. The van der Waals surface area contributed by atoms with Gasteiger partial charge in [-0.2, -0.15) is 5.10 Å². The van der Waals surface area contributed by atoms with Crippen LogP contribution in [0.3, 0.4) is 0 Å². The Morgan fingerprint density at radius 2 is 1.95 bits per heavy atom. The van der Waals surface area contributed by atoms with E-state index < -0.39 is 0 Å². The molecule has 3 nitrogen and oxygen atoms in total. The third-order valence-corrected chi connectivity index (χ3v) is 4.28. The molecule has 0 bridgehead atoms. The average Bonchev–Trinajstić information content (AvgIpc) is 2.76. The van der Waals surface area contributed by atoms with Gasteiger partial charge >= 0.3 is 0 Å². The first-order chi connectivity index (χ1) is 10.1. The second kappa shape index (κ2) is 6.90. The molecular weight excluding hydrogens is 284 g/mol. The molecule has 1 heterocycles. The van der Waals surface area contributed by atoms with Crippen molar-refractivity contribution >= 4 is 17.4 Å². The van der Waals surface area contributed by atoms with Crippen LogP contribution in [0.5, 0.6) is 0 Å². The van der Waals surface area contributed by atoms with E-state index in [2.05, 4.69) is 5.10 Å². The fourth-order valence-corrected chi connectivity index (χ4v) is 3.00. The number of benzene rings is 1. The standard InChI is InChI=1S/C17H21ClN2O/c1-4-13(12-9-7-6-8-10-12)16(21)11-15-17(18)14(5-2)19-20(15)3/h6-10,13H,4-5,11H2,1-3H3. The summed E-state index contributed by atoms with van der Waals surface area (Å²) >= 11 is 6.33. The summed E-state index contributed by atoms with van der Waals surface area (Å²) in [5.74, 6) is 0.110. The highest BCUT2D eigenvalue weighted by atomic mass is 35.5. The van der Waals surface area contributed by atoms with E-state index in [0.717, 1.165) is 29.8 Å². The lowest BCUT2D eigenvalue weighted by atomic mass is 9.90. The topological polar surface area (TPSA) is 34.9 Å². The van der Waals surface area contributed by atoms with Crippen molar-refractivity contribution in [3.63, 3.8) is 0 Å². The van der Waals surface area contributed by atoms with Crippen LogP contribution in [0.4, 0.5) is 0 Å². The zero-order chi connectivity index (χ0) is 15.4. The van der Waals surface area contributed by atoms with Gasteiger partial charge in [0.25, 0.3) is 0 Å². The molecule has 21 heavy (non-hydrogen) atoms. The number of aryl methyl sites for hydroxylation is 2. The molecule has 0 saturated heterocycles. The largest absolute Gasteiger partial charge is 0.299 e. The minimum absolute atomic E-state index is 0.0813. The van der Waals surface area contributed by atoms with Crippen LogP contribution >= 0.6 is 11.6 Å². The maximum absolute atomic E-state index is 12.6. The number of carbonyl (C=O) groups is 1. The van der Waals surface area contributed by atoms with Gasteiger partial charge in [0.05, 0.1) is 22.8 Å². The molecular formula is C17H21ClN2O. The normalized spacial score (nSPS) is 12.4. The van der Waals surface area contributed by atoms with Crippen LogP contribution < -0.4 is 0 Å². The van der Waals surface area contributed by atoms with Gasteiger partial charge in [-0.1, -0.05) is 55.8 Å². The summed E-state index contributed by atoms with van der Waals surface area (Å²) < 4.78 is 1.73. The third kappa shape index (κ3) is 3.35. The summed E-state index contributed by atoms with van der Waals surface area (Å²) in [6.07, 6.45) is 1.89. The first kappa shape index (κ1) is 15.8. The summed E-state index contributed by atoms with van der Waals surface area (Å²) in [6.45, 7) is 4.05. The highest BCUT2D eigenvalue weighted by Crippen LogP contribution is 2.26. The van der Waals surface area contributed by atoms with Crippen molar-refractivity contribution in [2.75, 3.05) is 0 Å². The van der Waals surface area contributed by atoms with Crippen molar-refractivity contribution in [1.29, 1.82) is 0 Å². The number of hydrogen-bond acceptors (Lipinski definition) is 2. The Morgan fingerprint density at radius 1 is 1.29 bits per heavy atom. The van der Waals surface area contributed by atoms with Crippen LogP contribution in [0.25, 0.3) is 0 Å². The van der Waals surface area contributed by atoms with Crippen LogP contribution in [0, 0.1) is 0 Å². The summed E-state index contributed by atoms with van der Waals surface area (Å²) in [5.41, 5.74) is 2.74. The minimum atomic E-state index is -0.0813. The second-order valence-corrected chi connectivity index (χ2v) is 5.58. The predicted octanol–water partition coefficient (Wildman–Crippen LogP) is 3.94. The molecule has 2 aromatic rings. The molecule has 1 aromatic heterocycles. The van der Waals surface area contributed by atoms with E-state index in [-0.39, 0.29) is 11.7 Å². The molecule has 0 aliphatic heterocycles. The van der Waals surface area contributed by atoms with Gasteiger partial charge in [0, 0.05) is 13.0 Å². The van der Waals surface area contributed by atoms with E-state index in [1.807, 2.05) is 51.2 Å². The van der Waals surface area contributed by atoms with Crippen LogP contribution in [0.15, 0.2) is 30.3 Å². The summed E-state index contributed by atoms with van der Waals surface area (Å²) in [4.78, 5) is 12.6. The Kier molecular flexibility index (Phi) is 5.18. The lowest BCUT2D eigenvalue weighted by molar-refractivity contribution is -0.120. The summed E-state index contributed by atoms with van der Waals surface area (Å²) in [6, 6.07) is 9.92. The van der Waals surface area contributed by atoms with E-state index in [9.17, 15) is 4.79 Å². The molecule has 112 valence electrons. The number of hydrogen-bond donors (Lipinski definition) is 0. The van der Waals surface area contributed by atoms with Gasteiger partial charge in [0.15, 0.2) is 0 Å². The fraction of sp³-hybridized carbons (Fsp3) is 0.412. The van der Waals surface area contributed by atoms with Crippen molar-refractivity contribution in [3.8, 4) is 0 Å². The molecule has 4 heteroatoms. The highest BCUT2D eigenvalue weighted by molar-refractivity contribution is 6.32. The van der Waals surface area contributed by atoms with E-state index in [0.29, 0.717) is 11.4 Å². The molecule has 0 spiro atoms. The summed E-state index contributed by atoms with van der Waals surface area (Å²) in [7, 11) is 1.84. The van der Waals surface area contributed by atoms with Crippen molar-refractivity contribution < 1.29 is 4.79 Å². The molecule has 0 saturated carbocycles. The Labute approximate surface area is 130 Å². The van der Waals surface area contributed by atoms with E-state index >= 15 is 0 Å². The number of aromatic nitrogens is 2. The van der Waals surface area contributed by atoms with Crippen LogP contribution in [0.1, 0.15) is 43.1 Å². The summed E-state index contributed by atoms with van der Waals surface area (Å²) in [5, 5.41) is 5.01. The first-order valence-corrected chi connectivity index (χ1v) is 7.74. The zero-order valence-corrected chi connectivity index (χ0v) is 13.5. The van der Waals surface area contributed by atoms with E-state index in [1.54, 1.807) is 4.68 Å². The molecule has 0 amide bonds. The Bertz CT molecular complexity index is 619. The predicted molar refractivity (Wildman–Crippen MR) is 85.8 cm³/mol. The quantitative estimate of drug-likeness (QED) is 0.810. The lowest BCUT2D eigenvalue weighted by Crippen LogP contribution is -2.16. The zero-order valence-electron chi connectivity index (χ0n) is 12.8. The number of halogens is 1. The van der Waals surface area contributed by atoms with Crippen molar-refractivity contribution in [2.24, 2.45) is 7.05 Å². The number of nitrogens with zero attached hydrogens (tertiary/aromatic N) is 2. The SMILES string of the molecule is CCc1nn(C)c(CC(=O)C(CC)c2ccccc2)c1Cl. The maximum atomic E-state index is 12.6. The molecule has 0 aliphatic rings. The molecule has 0 N–H and O–H groups in total. The Balaban J connectivity index is 2.23. The third-order valence-electron chi connectivity index (χ3n) is 3.84.